The Morgan fingerprint density at radius 3 is 2.93 bits per heavy atom. The lowest BCUT2D eigenvalue weighted by Gasteiger charge is -2.09. The minimum atomic E-state index is -0.478. The third kappa shape index (κ3) is 2.48. The van der Waals surface area contributed by atoms with Gasteiger partial charge in [0.05, 0.1) is 13.2 Å². The summed E-state index contributed by atoms with van der Waals surface area (Å²) in [5.74, 6) is 1.99. The fourth-order valence-corrected chi connectivity index (χ4v) is 1.05. The summed E-state index contributed by atoms with van der Waals surface area (Å²) in [4.78, 5) is 0. The first-order valence-corrected chi connectivity index (χ1v) is 4.24. The molecule has 2 nitrogen and oxygen atoms in total. The van der Waals surface area contributed by atoms with Gasteiger partial charge in [0, 0.05) is 12.0 Å². The van der Waals surface area contributed by atoms with Crippen LogP contribution in [0.15, 0.2) is 18.2 Å². The first kappa shape index (κ1) is 10.6. The van der Waals surface area contributed by atoms with E-state index in [0.717, 1.165) is 0 Å². The minimum Gasteiger partial charge on any atom is -0.489 e. The van der Waals surface area contributed by atoms with Gasteiger partial charge in [0.1, 0.15) is 0 Å². The number of aliphatic hydroxyl groups is 1. The zero-order valence-electron chi connectivity index (χ0n) is 7.66. The summed E-state index contributed by atoms with van der Waals surface area (Å²) < 4.78 is 18.3. The average Bonchev–Trinajstić information content (AvgIpc) is 2.20. The molecule has 74 valence electrons. The van der Waals surface area contributed by atoms with Crippen molar-refractivity contribution in [1.29, 1.82) is 0 Å². The van der Waals surface area contributed by atoms with Gasteiger partial charge in [-0.05, 0) is 6.07 Å². The Morgan fingerprint density at radius 2 is 2.29 bits per heavy atom. The van der Waals surface area contributed by atoms with E-state index in [-0.39, 0.29) is 19.0 Å². The van der Waals surface area contributed by atoms with Crippen LogP contribution >= 0.6 is 0 Å². The fraction of sp³-hybridized carbons (Fsp3) is 0.273. The van der Waals surface area contributed by atoms with Gasteiger partial charge in [0.25, 0.3) is 0 Å². The van der Waals surface area contributed by atoms with Crippen molar-refractivity contribution in [2.45, 2.75) is 13.0 Å². The predicted molar refractivity (Wildman–Crippen MR) is 51.3 cm³/mol. The molecule has 0 bridgehead atoms. The largest absolute Gasteiger partial charge is 0.489 e. The molecule has 0 radical (unpaired) electrons. The van der Waals surface area contributed by atoms with E-state index in [2.05, 4.69) is 5.92 Å². The van der Waals surface area contributed by atoms with Crippen molar-refractivity contribution in [3.8, 4) is 18.1 Å². The van der Waals surface area contributed by atoms with E-state index in [4.69, 9.17) is 16.3 Å². The Labute approximate surface area is 82.3 Å². The van der Waals surface area contributed by atoms with Gasteiger partial charge in [-0.25, -0.2) is 4.39 Å². The van der Waals surface area contributed by atoms with Gasteiger partial charge in [0.15, 0.2) is 11.6 Å². The molecule has 14 heavy (non-hydrogen) atoms. The SMILES string of the molecule is C#CCCOc1c(F)cccc1CO. The highest BCUT2D eigenvalue weighted by Gasteiger charge is 2.07. The first-order chi connectivity index (χ1) is 6.79. The number of benzene rings is 1. The molecule has 0 aliphatic heterocycles. The van der Waals surface area contributed by atoms with Crippen molar-refractivity contribution in [2.75, 3.05) is 6.61 Å². The van der Waals surface area contributed by atoms with Crippen LogP contribution in [-0.2, 0) is 6.61 Å². The lowest BCUT2D eigenvalue weighted by molar-refractivity contribution is 0.259. The Kier molecular flexibility index (Phi) is 3.96. The maximum absolute atomic E-state index is 13.2. The predicted octanol–water partition coefficient (Wildman–Crippen LogP) is 1.72. The number of hydrogen-bond donors (Lipinski definition) is 1. The van der Waals surface area contributed by atoms with Crippen molar-refractivity contribution >= 4 is 0 Å². The van der Waals surface area contributed by atoms with E-state index in [9.17, 15) is 4.39 Å². The highest BCUT2D eigenvalue weighted by molar-refractivity contribution is 5.34. The van der Waals surface area contributed by atoms with E-state index in [1.54, 1.807) is 6.07 Å². The second-order valence-electron chi connectivity index (χ2n) is 2.69. The van der Waals surface area contributed by atoms with E-state index in [0.29, 0.717) is 12.0 Å². The molecular formula is C11H11FO2. The minimum absolute atomic E-state index is 0.0882. The maximum Gasteiger partial charge on any atom is 0.165 e. The van der Waals surface area contributed by atoms with Crippen molar-refractivity contribution in [3.05, 3.63) is 29.6 Å². The van der Waals surface area contributed by atoms with Crippen molar-refractivity contribution < 1.29 is 14.2 Å². The Bertz CT molecular complexity index is 342. The molecule has 0 atom stereocenters. The monoisotopic (exact) mass is 194 g/mol. The number of aliphatic hydroxyl groups excluding tert-OH is 1. The smallest absolute Gasteiger partial charge is 0.165 e. The molecule has 0 heterocycles. The third-order valence-corrected chi connectivity index (χ3v) is 1.71. The zero-order valence-corrected chi connectivity index (χ0v) is 7.66. The van der Waals surface area contributed by atoms with Gasteiger partial charge in [-0.2, -0.15) is 0 Å². The molecule has 0 amide bonds. The highest BCUT2D eigenvalue weighted by Crippen LogP contribution is 2.22. The standard InChI is InChI=1S/C11H11FO2/c1-2-3-7-14-11-9(8-13)5-4-6-10(11)12/h1,4-6,13H,3,7-8H2. The summed E-state index contributed by atoms with van der Waals surface area (Å²) in [7, 11) is 0. The van der Waals surface area contributed by atoms with Gasteiger partial charge in [-0.1, -0.05) is 12.1 Å². The number of terminal acetylenes is 1. The fourth-order valence-electron chi connectivity index (χ4n) is 1.05. The Balaban J connectivity index is 2.78. The first-order valence-electron chi connectivity index (χ1n) is 4.24. The molecule has 0 saturated heterocycles. The van der Waals surface area contributed by atoms with Crippen molar-refractivity contribution in [2.24, 2.45) is 0 Å². The number of para-hydroxylation sites is 1. The zero-order chi connectivity index (χ0) is 10.4. The van der Waals surface area contributed by atoms with Crippen LogP contribution in [0.4, 0.5) is 4.39 Å². The van der Waals surface area contributed by atoms with Crippen LogP contribution in [-0.4, -0.2) is 11.7 Å². The number of halogens is 1. The molecule has 1 aromatic rings. The summed E-state index contributed by atoms with van der Waals surface area (Å²) in [5.41, 5.74) is 0.432. The average molecular weight is 194 g/mol. The van der Waals surface area contributed by atoms with Crippen LogP contribution in [0.5, 0.6) is 5.75 Å². The van der Waals surface area contributed by atoms with Gasteiger partial charge in [-0.3, -0.25) is 0 Å². The van der Waals surface area contributed by atoms with Gasteiger partial charge < -0.3 is 9.84 Å². The summed E-state index contributed by atoms with van der Waals surface area (Å²) in [6, 6.07) is 4.41. The molecule has 0 unspecified atom stereocenters. The maximum atomic E-state index is 13.2. The molecular weight excluding hydrogens is 183 g/mol. The van der Waals surface area contributed by atoms with Crippen molar-refractivity contribution in [1.82, 2.24) is 0 Å². The molecule has 0 aliphatic carbocycles. The van der Waals surface area contributed by atoms with E-state index < -0.39 is 5.82 Å². The molecule has 1 rings (SSSR count). The molecule has 0 spiro atoms. The third-order valence-electron chi connectivity index (χ3n) is 1.71. The lowest BCUT2D eigenvalue weighted by atomic mass is 10.2. The van der Waals surface area contributed by atoms with Crippen molar-refractivity contribution in [3.63, 3.8) is 0 Å². The van der Waals surface area contributed by atoms with Crippen LogP contribution in [0.2, 0.25) is 0 Å². The molecule has 1 aromatic carbocycles. The highest BCUT2D eigenvalue weighted by atomic mass is 19.1. The van der Waals surface area contributed by atoms with Crippen LogP contribution in [0.1, 0.15) is 12.0 Å². The normalized spacial score (nSPS) is 9.50. The Morgan fingerprint density at radius 1 is 1.50 bits per heavy atom. The summed E-state index contributed by atoms with van der Waals surface area (Å²) in [6.45, 7) is 0.00752. The molecule has 1 N–H and O–H groups in total. The Hall–Kier alpha value is -1.53. The van der Waals surface area contributed by atoms with Crippen LogP contribution < -0.4 is 4.74 Å². The molecule has 0 aromatic heterocycles. The quantitative estimate of drug-likeness (QED) is 0.584. The lowest BCUT2D eigenvalue weighted by Crippen LogP contribution is -2.01. The van der Waals surface area contributed by atoms with Gasteiger partial charge in [-0.15, -0.1) is 12.3 Å². The number of rotatable bonds is 4. The number of ether oxygens (including phenoxy) is 1. The molecule has 0 aliphatic rings. The van der Waals surface area contributed by atoms with Crippen LogP contribution in [0.3, 0.4) is 0 Å². The molecule has 0 fully saturated rings. The topological polar surface area (TPSA) is 29.5 Å². The second kappa shape index (κ2) is 5.25. The van der Waals surface area contributed by atoms with E-state index >= 15 is 0 Å². The van der Waals surface area contributed by atoms with Gasteiger partial charge >= 0.3 is 0 Å². The van der Waals surface area contributed by atoms with Gasteiger partial charge in [0.2, 0.25) is 0 Å². The van der Waals surface area contributed by atoms with E-state index in [1.165, 1.54) is 12.1 Å². The van der Waals surface area contributed by atoms with Crippen LogP contribution in [0.25, 0.3) is 0 Å². The summed E-state index contributed by atoms with van der Waals surface area (Å²) in [5, 5.41) is 8.91. The summed E-state index contributed by atoms with van der Waals surface area (Å²) >= 11 is 0. The summed E-state index contributed by atoms with van der Waals surface area (Å²) in [6.07, 6.45) is 5.44. The number of hydrogen-bond acceptors (Lipinski definition) is 2. The molecule has 0 saturated carbocycles. The van der Waals surface area contributed by atoms with E-state index in [1.807, 2.05) is 0 Å². The molecule has 3 heteroatoms. The van der Waals surface area contributed by atoms with Crippen LogP contribution in [0, 0.1) is 18.2 Å². The second-order valence-corrected chi connectivity index (χ2v) is 2.69.